The van der Waals surface area contributed by atoms with Crippen LogP contribution in [0.15, 0.2) is 54.1 Å². The highest BCUT2D eigenvalue weighted by Crippen LogP contribution is 2.40. The van der Waals surface area contributed by atoms with Crippen LogP contribution >= 0.6 is 11.6 Å². The number of ketones is 1. The molecule has 0 unspecified atom stereocenters. The number of Topliss-reactive ketones (excluding diaryl/α,β-unsaturated/α-hetero) is 1. The number of hydrogen-bond donors (Lipinski definition) is 2. The fourth-order valence-corrected chi connectivity index (χ4v) is 4.01. The van der Waals surface area contributed by atoms with E-state index >= 15 is 0 Å². The second-order valence-corrected chi connectivity index (χ2v) is 7.62. The number of aromatic hydroxyl groups is 1. The summed E-state index contributed by atoms with van der Waals surface area (Å²) in [5.41, 5.74) is 0.910. The van der Waals surface area contributed by atoms with E-state index in [1.807, 2.05) is 0 Å². The Morgan fingerprint density at radius 3 is 2.59 bits per heavy atom. The van der Waals surface area contributed by atoms with Gasteiger partial charge in [0.1, 0.15) is 11.5 Å². The summed E-state index contributed by atoms with van der Waals surface area (Å²) in [4.78, 5) is 27.2. The monoisotopic (exact) mass is 413 g/mol. The molecule has 6 nitrogen and oxygen atoms in total. The first-order valence-corrected chi connectivity index (χ1v) is 9.78. The molecule has 0 spiro atoms. The van der Waals surface area contributed by atoms with Crippen molar-refractivity contribution < 1.29 is 24.5 Å². The summed E-state index contributed by atoms with van der Waals surface area (Å²) in [6, 6.07) is 11.9. The number of benzene rings is 2. The van der Waals surface area contributed by atoms with E-state index in [4.69, 9.17) is 16.3 Å². The van der Waals surface area contributed by atoms with Gasteiger partial charge in [-0.3, -0.25) is 9.59 Å². The Bertz CT molecular complexity index is 979. The molecular formula is C22H20ClNO5. The summed E-state index contributed by atoms with van der Waals surface area (Å²) in [6.45, 7) is 0.860. The number of aliphatic hydroxyl groups excluding tert-OH is 1. The number of phenolic OH excluding ortho intramolecular Hbond substituents is 1. The minimum absolute atomic E-state index is 0.0108. The Morgan fingerprint density at radius 1 is 1.17 bits per heavy atom. The molecule has 1 amide bonds. The molecule has 2 aromatic carbocycles. The minimum atomic E-state index is -0.818. The average molecular weight is 414 g/mol. The summed E-state index contributed by atoms with van der Waals surface area (Å²) in [6.07, 6.45) is 1.53. The molecule has 0 saturated carbocycles. The topological polar surface area (TPSA) is 87.1 Å². The lowest BCUT2D eigenvalue weighted by Crippen LogP contribution is -2.36. The fraction of sp³-hybridized carbons (Fsp3) is 0.273. The predicted octanol–water partition coefficient (Wildman–Crippen LogP) is 3.65. The van der Waals surface area contributed by atoms with Gasteiger partial charge in [0, 0.05) is 23.7 Å². The van der Waals surface area contributed by atoms with Gasteiger partial charge < -0.3 is 19.8 Å². The molecule has 0 aromatic heterocycles. The van der Waals surface area contributed by atoms with Gasteiger partial charge in [-0.15, -0.1) is 0 Å². The lowest BCUT2D eigenvalue weighted by Gasteiger charge is -2.27. The van der Waals surface area contributed by atoms with Gasteiger partial charge in [-0.1, -0.05) is 23.7 Å². The molecule has 2 heterocycles. The Hall–Kier alpha value is -2.83. The summed E-state index contributed by atoms with van der Waals surface area (Å²) < 4.78 is 5.65. The van der Waals surface area contributed by atoms with Crippen LogP contribution in [0.1, 0.15) is 30.0 Å². The lowest BCUT2D eigenvalue weighted by molar-refractivity contribution is -0.140. The van der Waals surface area contributed by atoms with Crippen molar-refractivity contribution in [1.82, 2.24) is 4.90 Å². The number of phenols is 1. The van der Waals surface area contributed by atoms with Crippen LogP contribution in [0.25, 0.3) is 5.76 Å². The highest BCUT2D eigenvalue weighted by molar-refractivity contribution is 6.46. The number of carbonyl (C=O) groups excluding carboxylic acids is 2. The molecule has 2 aliphatic rings. The molecule has 150 valence electrons. The Labute approximate surface area is 173 Å². The lowest BCUT2D eigenvalue weighted by atomic mass is 9.95. The first-order valence-electron chi connectivity index (χ1n) is 9.40. The van der Waals surface area contributed by atoms with Gasteiger partial charge in [-0.05, 0) is 54.8 Å². The largest absolute Gasteiger partial charge is 0.508 e. The van der Waals surface area contributed by atoms with Crippen molar-refractivity contribution in [1.29, 1.82) is 0 Å². The third-order valence-corrected chi connectivity index (χ3v) is 5.52. The number of hydrogen-bond acceptors (Lipinski definition) is 5. The van der Waals surface area contributed by atoms with Gasteiger partial charge in [0.2, 0.25) is 0 Å². The summed E-state index contributed by atoms with van der Waals surface area (Å²) in [7, 11) is 0. The van der Waals surface area contributed by atoms with Crippen LogP contribution in [0.4, 0.5) is 0 Å². The van der Waals surface area contributed by atoms with Crippen molar-refractivity contribution >= 4 is 29.1 Å². The fourth-order valence-electron chi connectivity index (χ4n) is 3.88. The molecule has 2 atom stereocenters. The van der Waals surface area contributed by atoms with Gasteiger partial charge in [-0.25, -0.2) is 0 Å². The Kier molecular flexibility index (Phi) is 5.30. The first kappa shape index (κ1) is 19.5. The molecular weight excluding hydrogens is 394 g/mol. The highest BCUT2D eigenvalue weighted by atomic mass is 35.5. The van der Waals surface area contributed by atoms with Crippen molar-refractivity contribution in [2.75, 3.05) is 13.2 Å². The van der Waals surface area contributed by atoms with Crippen LogP contribution in [-0.2, 0) is 14.3 Å². The standard InChI is InChI=1S/C22H20ClNO5/c23-15-8-6-13(7-9-15)20(26)18-19(14-3-1-4-16(25)11-14)24(22(28)21(18)27)12-17-5-2-10-29-17/h1,3-4,6-9,11,17,19,25-26H,2,5,10,12H2/t17-,19-/m0/s1. The average Bonchev–Trinajstić information content (AvgIpc) is 3.30. The molecule has 2 fully saturated rings. The molecule has 2 aromatic rings. The summed E-state index contributed by atoms with van der Waals surface area (Å²) >= 11 is 5.92. The van der Waals surface area contributed by atoms with Crippen molar-refractivity contribution in [3.05, 3.63) is 70.3 Å². The molecule has 29 heavy (non-hydrogen) atoms. The molecule has 0 bridgehead atoms. The van der Waals surface area contributed by atoms with Crippen LogP contribution < -0.4 is 0 Å². The Balaban J connectivity index is 1.83. The van der Waals surface area contributed by atoms with Crippen molar-refractivity contribution in [2.24, 2.45) is 0 Å². The van der Waals surface area contributed by atoms with Crippen molar-refractivity contribution in [2.45, 2.75) is 25.0 Å². The molecule has 0 aliphatic carbocycles. The maximum absolute atomic E-state index is 12.9. The summed E-state index contributed by atoms with van der Waals surface area (Å²) in [5, 5.41) is 21.4. The highest BCUT2D eigenvalue weighted by Gasteiger charge is 2.47. The number of aliphatic hydroxyl groups is 1. The van der Waals surface area contributed by atoms with E-state index in [9.17, 15) is 19.8 Å². The van der Waals surface area contributed by atoms with Gasteiger partial charge in [0.15, 0.2) is 0 Å². The number of ether oxygens (including phenoxy) is 1. The second-order valence-electron chi connectivity index (χ2n) is 7.19. The van der Waals surface area contributed by atoms with Gasteiger partial charge in [0.25, 0.3) is 11.7 Å². The zero-order chi connectivity index (χ0) is 20.5. The van der Waals surface area contributed by atoms with Crippen LogP contribution in [-0.4, -0.2) is 46.1 Å². The van der Waals surface area contributed by atoms with Gasteiger partial charge >= 0.3 is 0 Å². The number of amides is 1. The van der Waals surface area contributed by atoms with Crippen molar-refractivity contribution in [3.63, 3.8) is 0 Å². The number of likely N-dealkylation sites (tertiary alicyclic amines) is 1. The quantitative estimate of drug-likeness (QED) is 0.454. The second kappa shape index (κ2) is 7.89. The third kappa shape index (κ3) is 3.73. The normalized spacial score (nSPS) is 23.7. The predicted molar refractivity (Wildman–Crippen MR) is 108 cm³/mol. The van der Waals surface area contributed by atoms with E-state index in [-0.39, 0.29) is 29.7 Å². The van der Waals surface area contributed by atoms with Gasteiger partial charge in [0.05, 0.1) is 17.7 Å². The first-order chi connectivity index (χ1) is 14.0. The number of nitrogens with zero attached hydrogens (tertiary/aromatic N) is 1. The van der Waals surface area contributed by atoms with E-state index < -0.39 is 17.7 Å². The van der Waals surface area contributed by atoms with Crippen LogP contribution in [0.3, 0.4) is 0 Å². The zero-order valence-electron chi connectivity index (χ0n) is 15.5. The third-order valence-electron chi connectivity index (χ3n) is 5.27. The molecule has 2 aliphatic heterocycles. The number of carbonyl (C=O) groups is 2. The summed E-state index contributed by atoms with van der Waals surface area (Å²) in [5.74, 6) is -1.71. The SMILES string of the molecule is O=C1C(=O)N(C[C@@H]2CCCO2)[C@@H](c2cccc(O)c2)C1=C(O)c1ccc(Cl)cc1. The van der Waals surface area contributed by atoms with Gasteiger partial charge in [-0.2, -0.15) is 0 Å². The molecule has 2 saturated heterocycles. The van der Waals surface area contributed by atoms with Crippen LogP contribution in [0.5, 0.6) is 5.75 Å². The van der Waals surface area contributed by atoms with E-state index in [0.29, 0.717) is 22.8 Å². The van der Waals surface area contributed by atoms with E-state index in [1.165, 1.54) is 17.0 Å². The maximum atomic E-state index is 12.9. The minimum Gasteiger partial charge on any atom is -0.508 e. The molecule has 7 heteroatoms. The zero-order valence-corrected chi connectivity index (χ0v) is 16.3. The van der Waals surface area contributed by atoms with Crippen LogP contribution in [0.2, 0.25) is 5.02 Å². The smallest absolute Gasteiger partial charge is 0.295 e. The van der Waals surface area contributed by atoms with E-state index in [2.05, 4.69) is 0 Å². The van der Waals surface area contributed by atoms with Crippen molar-refractivity contribution in [3.8, 4) is 5.75 Å². The molecule has 2 N–H and O–H groups in total. The number of halogens is 1. The Morgan fingerprint density at radius 2 is 1.93 bits per heavy atom. The van der Waals surface area contributed by atoms with E-state index in [1.54, 1.807) is 36.4 Å². The van der Waals surface area contributed by atoms with Crippen LogP contribution in [0, 0.1) is 0 Å². The molecule has 4 rings (SSSR count). The maximum Gasteiger partial charge on any atom is 0.295 e. The van der Waals surface area contributed by atoms with E-state index in [0.717, 1.165) is 12.8 Å². The molecule has 0 radical (unpaired) electrons. The number of rotatable bonds is 4.